The van der Waals surface area contributed by atoms with E-state index in [1.54, 1.807) is 13.0 Å². The van der Waals surface area contributed by atoms with E-state index in [0.717, 1.165) is 42.9 Å². The average molecular weight is 412 g/mol. The number of carbonyl (C=O) groups is 1. The lowest BCUT2D eigenvalue weighted by molar-refractivity contribution is -0.131. The van der Waals surface area contributed by atoms with Crippen LogP contribution < -0.4 is 4.74 Å². The van der Waals surface area contributed by atoms with Crippen molar-refractivity contribution in [3.8, 4) is 10.9 Å². The second kappa shape index (κ2) is 7.39. The molecule has 2 aromatic carbocycles. The fourth-order valence-corrected chi connectivity index (χ4v) is 5.24. The van der Waals surface area contributed by atoms with Crippen molar-refractivity contribution in [3.05, 3.63) is 53.8 Å². The minimum absolute atomic E-state index is 0.200. The van der Waals surface area contributed by atoms with Gasteiger partial charge in [0.1, 0.15) is 11.6 Å². The Morgan fingerprint density at radius 2 is 2.03 bits per heavy atom. The number of piperazine rings is 1. The van der Waals surface area contributed by atoms with Crippen LogP contribution in [0.1, 0.15) is 18.9 Å². The monoisotopic (exact) mass is 411 g/mol. The number of benzene rings is 2. The van der Waals surface area contributed by atoms with E-state index < -0.39 is 0 Å². The third-order valence-corrected chi connectivity index (χ3v) is 6.82. The van der Waals surface area contributed by atoms with E-state index in [-0.39, 0.29) is 11.7 Å². The molecule has 0 aliphatic carbocycles. The van der Waals surface area contributed by atoms with Crippen molar-refractivity contribution in [1.82, 2.24) is 14.8 Å². The Hall–Kier alpha value is -2.51. The molecule has 2 aliphatic heterocycles. The Labute approximate surface area is 172 Å². The zero-order chi connectivity index (χ0) is 20.0. The van der Waals surface area contributed by atoms with Crippen LogP contribution in [0.4, 0.5) is 4.39 Å². The maximum absolute atomic E-state index is 13.3. The van der Waals surface area contributed by atoms with Gasteiger partial charge in [-0.25, -0.2) is 9.37 Å². The number of aromatic nitrogens is 1. The van der Waals surface area contributed by atoms with Crippen LogP contribution in [0.5, 0.6) is 10.9 Å². The van der Waals surface area contributed by atoms with Gasteiger partial charge in [-0.05, 0) is 42.7 Å². The number of thiazole rings is 1. The third kappa shape index (κ3) is 3.72. The maximum atomic E-state index is 13.3. The molecular weight excluding hydrogens is 389 g/mol. The molecule has 1 amide bonds. The van der Waals surface area contributed by atoms with Crippen LogP contribution in [0.25, 0.3) is 10.2 Å². The normalized spacial score (nSPS) is 21.2. The molecule has 3 heterocycles. The summed E-state index contributed by atoms with van der Waals surface area (Å²) >= 11 is 1.41. The highest BCUT2D eigenvalue weighted by molar-refractivity contribution is 7.20. The van der Waals surface area contributed by atoms with Gasteiger partial charge in [0.15, 0.2) is 0 Å². The first-order valence-electron chi connectivity index (χ1n) is 9.89. The molecule has 2 fully saturated rings. The van der Waals surface area contributed by atoms with Crippen molar-refractivity contribution in [2.75, 3.05) is 19.6 Å². The van der Waals surface area contributed by atoms with Gasteiger partial charge in [-0.3, -0.25) is 9.69 Å². The summed E-state index contributed by atoms with van der Waals surface area (Å²) < 4.78 is 20.1. The Balaban J connectivity index is 1.17. The van der Waals surface area contributed by atoms with E-state index in [4.69, 9.17) is 4.74 Å². The fraction of sp³-hybridized carbons (Fsp3) is 0.364. The van der Waals surface area contributed by atoms with E-state index in [2.05, 4.69) is 22.0 Å². The smallest absolute Gasteiger partial charge is 0.279 e. The van der Waals surface area contributed by atoms with Gasteiger partial charge in [0.2, 0.25) is 5.91 Å². The molecule has 150 valence electrons. The number of halogens is 1. The van der Waals surface area contributed by atoms with Gasteiger partial charge < -0.3 is 9.64 Å². The molecule has 2 saturated heterocycles. The summed E-state index contributed by atoms with van der Waals surface area (Å²) in [6.07, 6.45) is 2.09. The van der Waals surface area contributed by atoms with Gasteiger partial charge in [-0.2, -0.15) is 0 Å². The molecule has 2 bridgehead atoms. The molecule has 0 spiro atoms. The number of ether oxygens (including phenoxy) is 1. The molecule has 5 nitrogen and oxygen atoms in total. The van der Waals surface area contributed by atoms with Crippen LogP contribution in [-0.4, -0.2) is 52.4 Å². The SMILES string of the molecule is CC(=O)N1CC2CC1CN2CCc1ccc(Oc2nc3cc(F)ccc3s2)cc1. The quantitative estimate of drug-likeness (QED) is 0.635. The van der Waals surface area contributed by atoms with E-state index in [9.17, 15) is 9.18 Å². The van der Waals surface area contributed by atoms with Gasteiger partial charge in [-0.15, -0.1) is 0 Å². The van der Waals surface area contributed by atoms with Crippen LogP contribution in [0.15, 0.2) is 42.5 Å². The summed E-state index contributed by atoms with van der Waals surface area (Å²) in [4.78, 5) is 20.5. The summed E-state index contributed by atoms with van der Waals surface area (Å²) in [5.41, 5.74) is 1.87. The van der Waals surface area contributed by atoms with Crippen LogP contribution in [0.2, 0.25) is 0 Å². The number of rotatable bonds is 5. The van der Waals surface area contributed by atoms with Crippen molar-refractivity contribution < 1.29 is 13.9 Å². The molecule has 1 aromatic heterocycles. The van der Waals surface area contributed by atoms with Crippen molar-refractivity contribution in [2.24, 2.45) is 0 Å². The number of likely N-dealkylation sites (tertiary alicyclic amines) is 2. The standard InChI is InChI=1S/C22H22FN3O2S/c1-14(27)26-13-17-11-18(26)12-25(17)9-8-15-2-5-19(6-3-15)28-22-24-20-10-16(23)4-7-21(20)29-22/h2-7,10,17-18H,8-9,11-13H2,1H3. The predicted molar refractivity (Wildman–Crippen MR) is 111 cm³/mol. The molecule has 0 N–H and O–H groups in total. The Morgan fingerprint density at radius 3 is 2.76 bits per heavy atom. The summed E-state index contributed by atoms with van der Waals surface area (Å²) in [6.45, 7) is 4.54. The summed E-state index contributed by atoms with van der Waals surface area (Å²) in [6, 6.07) is 13.6. The van der Waals surface area contributed by atoms with Crippen molar-refractivity contribution in [2.45, 2.75) is 31.8 Å². The van der Waals surface area contributed by atoms with Crippen LogP contribution in [0, 0.1) is 5.82 Å². The lowest BCUT2D eigenvalue weighted by Crippen LogP contribution is -2.48. The molecule has 3 aromatic rings. The predicted octanol–water partition coefficient (Wildman–Crippen LogP) is 4.08. The maximum Gasteiger partial charge on any atom is 0.279 e. The van der Waals surface area contributed by atoms with Gasteiger partial charge in [0.05, 0.1) is 10.2 Å². The largest absolute Gasteiger partial charge is 0.431 e. The van der Waals surface area contributed by atoms with E-state index in [0.29, 0.717) is 22.8 Å². The Kier molecular flexibility index (Phi) is 4.72. The summed E-state index contributed by atoms with van der Waals surface area (Å²) in [7, 11) is 0. The Morgan fingerprint density at radius 1 is 1.21 bits per heavy atom. The van der Waals surface area contributed by atoms with Gasteiger partial charge in [0.25, 0.3) is 5.19 Å². The first kappa shape index (κ1) is 18.5. The lowest BCUT2D eigenvalue weighted by Gasteiger charge is -2.33. The first-order valence-corrected chi connectivity index (χ1v) is 10.7. The zero-order valence-corrected chi connectivity index (χ0v) is 17.0. The van der Waals surface area contributed by atoms with Crippen molar-refractivity contribution >= 4 is 27.5 Å². The minimum Gasteiger partial charge on any atom is -0.431 e. The second-order valence-corrected chi connectivity index (χ2v) is 8.79. The first-order chi connectivity index (χ1) is 14.0. The zero-order valence-electron chi connectivity index (χ0n) is 16.2. The highest BCUT2D eigenvalue weighted by Gasteiger charge is 2.43. The highest BCUT2D eigenvalue weighted by atomic mass is 32.1. The molecular formula is C22H22FN3O2S. The number of nitrogens with zero attached hydrogens (tertiary/aromatic N) is 3. The minimum atomic E-state index is -0.293. The number of amides is 1. The van der Waals surface area contributed by atoms with Gasteiger partial charge >= 0.3 is 0 Å². The molecule has 2 aliphatic rings. The van der Waals surface area contributed by atoms with E-state index >= 15 is 0 Å². The molecule has 0 radical (unpaired) electrons. The topological polar surface area (TPSA) is 45.7 Å². The highest BCUT2D eigenvalue weighted by Crippen LogP contribution is 2.32. The number of hydrogen-bond acceptors (Lipinski definition) is 5. The number of carbonyl (C=O) groups excluding carboxylic acids is 1. The summed E-state index contributed by atoms with van der Waals surface area (Å²) in [5.74, 6) is 0.635. The molecule has 29 heavy (non-hydrogen) atoms. The lowest BCUT2D eigenvalue weighted by atomic mass is 10.1. The van der Waals surface area contributed by atoms with E-state index in [1.165, 1.54) is 29.0 Å². The third-order valence-electron chi connectivity index (χ3n) is 5.90. The van der Waals surface area contributed by atoms with Crippen molar-refractivity contribution in [1.29, 1.82) is 0 Å². The number of fused-ring (bicyclic) bond motifs is 3. The average Bonchev–Trinajstić information content (AvgIpc) is 3.40. The molecule has 2 unspecified atom stereocenters. The molecule has 2 atom stereocenters. The van der Waals surface area contributed by atoms with Gasteiger partial charge in [-0.1, -0.05) is 23.5 Å². The second-order valence-electron chi connectivity index (χ2n) is 7.80. The summed E-state index contributed by atoms with van der Waals surface area (Å²) in [5, 5.41) is 0.515. The van der Waals surface area contributed by atoms with Crippen LogP contribution in [-0.2, 0) is 11.2 Å². The van der Waals surface area contributed by atoms with E-state index in [1.807, 2.05) is 17.0 Å². The van der Waals surface area contributed by atoms with Crippen LogP contribution >= 0.6 is 11.3 Å². The molecule has 5 rings (SSSR count). The van der Waals surface area contributed by atoms with Crippen molar-refractivity contribution in [3.63, 3.8) is 0 Å². The molecule has 0 saturated carbocycles. The fourth-order valence-electron chi connectivity index (χ4n) is 4.43. The number of hydrogen-bond donors (Lipinski definition) is 0. The molecule has 7 heteroatoms. The van der Waals surface area contributed by atoms with Crippen LogP contribution in [0.3, 0.4) is 0 Å². The Bertz CT molecular complexity index is 1050. The van der Waals surface area contributed by atoms with Gasteiger partial charge in [0, 0.05) is 44.7 Å².